The summed E-state index contributed by atoms with van der Waals surface area (Å²) in [6, 6.07) is 2.30. The van der Waals surface area contributed by atoms with Crippen molar-refractivity contribution in [1.29, 1.82) is 0 Å². The number of rotatable bonds is 3. The van der Waals surface area contributed by atoms with Crippen LogP contribution in [0.4, 0.5) is 23.4 Å². The van der Waals surface area contributed by atoms with Gasteiger partial charge in [0.2, 0.25) is 5.91 Å². The van der Waals surface area contributed by atoms with E-state index < -0.39 is 18.5 Å². The lowest BCUT2D eigenvalue weighted by molar-refractivity contribution is -0.141. The highest BCUT2D eigenvalue weighted by Crippen LogP contribution is 2.29. The Kier molecular flexibility index (Phi) is 4.60. The Bertz CT molecular complexity index is 584. The minimum atomic E-state index is -4.50. The minimum Gasteiger partial charge on any atom is -0.355 e. The van der Waals surface area contributed by atoms with Crippen LogP contribution in [-0.4, -0.2) is 53.4 Å². The molecule has 0 saturated carbocycles. The summed E-state index contributed by atoms with van der Waals surface area (Å²) in [7, 11) is 0. The van der Waals surface area contributed by atoms with Crippen LogP contribution in [0.5, 0.6) is 0 Å². The first kappa shape index (κ1) is 16.9. The third kappa shape index (κ3) is 3.44. The van der Waals surface area contributed by atoms with Crippen LogP contribution in [-0.2, 0) is 11.0 Å². The van der Waals surface area contributed by atoms with Crippen LogP contribution in [0.2, 0.25) is 0 Å². The van der Waals surface area contributed by atoms with Gasteiger partial charge >= 0.3 is 6.18 Å². The van der Waals surface area contributed by atoms with Crippen molar-refractivity contribution in [3.05, 3.63) is 17.8 Å². The number of amides is 1. The fourth-order valence-corrected chi connectivity index (χ4v) is 3.32. The van der Waals surface area contributed by atoms with Crippen LogP contribution in [0, 0.1) is 5.92 Å². The van der Waals surface area contributed by atoms with Gasteiger partial charge in [-0.25, -0.2) is 0 Å². The van der Waals surface area contributed by atoms with E-state index in [1.54, 1.807) is 4.90 Å². The Morgan fingerprint density at radius 1 is 1.17 bits per heavy atom. The largest absolute Gasteiger partial charge is 0.435 e. The molecule has 0 aliphatic carbocycles. The zero-order valence-corrected chi connectivity index (χ0v) is 13.0. The Hall–Kier alpha value is -1.93. The van der Waals surface area contributed by atoms with Gasteiger partial charge in [0.1, 0.15) is 0 Å². The Morgan fingerprint density at radius 3 is 2.38 bits per heavy atom. The summed E-state index contributed by atoms with van der Waals surface area (Å²) >= 11 is 0. The van der Waals surface area contributed by atoms with Gasteiger partial charge in [0.05, 0.1) is 6.67 Å². The van der Waals surface area contributed by atoms with E-state index in [-0.39, 0.29) is 24.3 Å². The molecule has 5 nitrogen and oxygen atoms in total. The molecule has 1 aromatic heterocycles. The molecule has 3 heterocycles. The van der Waals surface area contributed by atoms with Crippen molar-refractivity contribution >= 4 is 11.7 Å². The Morgan fingerprint density at radius 2 is 1.88 bits per heavy atom. The summed E-state index contributed by atoms with van der Waals surface area (Å²) in [5.74, 6) is 0.178. The van der Waals surface area contributed by atoms with Gasteiger partial charge in [0, 0.05) is 38.0 Å². The molecule has 0 spiro atoms. The van der Waals surface area contributed by atoms with Crippen molar-refractivity contribution in [2.75, 3.05) is 31.2 Å². The van der Waals surface area contributed by atoms with E-state index in [2.05, 4.69) is 10.2 Å². The normalized spacial score (nSPS) is 23.2. The first-order valence-corrected chi connectivity index (χ1v) is 7.90. The van der Waals surface area contributed by atoms with Crippen LogP contribution in [0.3, 0.4) is 0 Å². The van der Waals surface area contributed by atoms with Gasteiger partial charge in [-0.3, -0.25) is 9.18 Å². The maximum atomic E-state index is 12.7. The summed E-state index contributed by atoms with van der Waals surface area (Å²) in [5.41, 5.74) is -1.01. The van der Waals surface area contributed by atoms with Crippen molar-refractivity contribution in [1.82, 2.24) is 15.1 Å². The molecule has 0 bridgehead atoms. The summed E-state index contributed by atoms with van der Waals surface area (Å²) in [6.07, 6.45) is -2.86. The van der Waals surface area contributed by atoms with Gasteiger partial charge < -0.3 is 9.80 Å². The molecule has 1 aromatic rings. The molecule has 0 aromatic carbocycles. The van der Waals surface area contributed by atoms with Crippen molar-refractivity contribution in [2.24, 2.45) is 5.92 Å². The second-order valence-corrected chi connectivity index (χ2v) is 6.26. The molecular formula is C15H18F4N4O. The molecule has 132 valence electrons. The van der Waals surface area contributed by atoms with E-state index >= 15 is 0 Å². The number of carbonyl (C=O) groups is 1. The summed E-state index contributed by atoms with van der Waals surface area (Å²) in [4.78, 5) is 15.6. The first-order chi connectivity index (χ1) is 11.4. The van der Waals surface area contributed by atoms with Gasteiger partial charge in [0.15, 0.2) is 11.5 Å². The van der Waals surface area contributed by atoms with Gasteiger partial charge in [-0.1, -0.05) is 0 Å². The maximum absolute atomic E-state index is 12.7. The second kappa shape index (κ2) is 6.52. The van der Waals surface area contributed by atoms with Crippen molar-refractivity contribution in [2.45, 2.75) is 31.5 Å². The average Bonchev–Trinajstić information content (AvgIpc) is 2.95. The monoisotopic (exact) mass is 346 g/mol. The number of piperidine rings is 1. The molecule has 1 unspecified atom stereocenters. The highest BCUT2D eigenvalue weighted by molar-refractivity contribution is 5.79. The Balaban J connectivity index is 1.58. The van der Waals surface area contributed by atoms with Crippen molar-refractivity contribution < 1.29 is 22.4 Å². The number of hydrogen-bond donors (Lipinski definition) is 0. The van der Waals surface area contributed by atoms with Crippen LogP contribution in [0.1, 0.15) is 25.0 Å². The average molecular weight is 346 g/mol. The number of halogens is 4. The lowest BCUT2D eigenvalue weighted by Crippen LogP contribution is -2.46. The highest BCUT2D eigenvalue weighted by Gasteiger charge is 2.36. The van der Waals surface area contributed by atoms with Crippen LogP contribution < -0.4 is 4.90 Å². The van der Waals surface area contributed by atoms with Gasteiger partial charge in [-0.05, 0) is 25.0 Å². The predicted molar refractivity (Wildman–Crippen MR) is 78.1 cm³/mol. The second-order valence-electron chi connectivity index (χ2n) is 6.26. The van der Waals surface area contributed by atoms with E-state index in [9.17, 15) is 22.4 Å². The maximum Gasteiger partial charge on any atom is 0.435 e. The topological polar surface area (TPSA) is 49.3 Å². The predicted octanol–water partition coefficient (Wildman–Crippen LogP) is 2.28. The van der Waals surface area contributed by atoms with E-state index in [1.165, 1.54) is 6.07 Å². The van der Waals surface area contributed by atoms with E-state index in [0.29, 0.717) is 38.3 Å². The van der Waals surface area contributed by atoms with Gasteiger partial charge in [0.25, 0.3) is 0 Å². The molecule has 0 radical (unpaired) electrons. The third-order valence-electron chi connectivity index (χ3n) is 4.63. The molecule has 24 heavy (non-hydrogen) atoms. The molecule has 2 fully saturated rings. The van der Waals surface area contributed by atoms with E-state index in [1.807, 2.05) is 4.90 Å². The summed E-state index contributed by atoms with van der Waals surface area (Å²) in [6.45, 7) is 1.13. The SMILES string of the molecule is O=C1CC(CF)CN1C1CCN(c2ccc(C(F)(F)F)nn2)CC1. The summed E-state index contributed by atoms with van der Waals surface area (Å²) in [5, 5.41) is 6.89. The molecule has 2 saturated heterocycles. The fourth-order valence-electron chi connectivity index (χ4n) is 3.32. The quantitative estimate of drug-likeness (QED) is 0.788. The fraction of sp³-hybridized carbons (Fsp3) is 0.667. The number of aromatic nitrogens is 2. The lowest BCUT2D eigenvalue weighted by atomic mass is 10.0. The molecule has 1 atom stereocenters. The molecule has 0 N–H and O–H groups in total. The number of likely N-dealkylation sites (tertiary alicyclic amines) is 1. The van der Waals surface area contributed by atoms with Crippen LogP contribution in [0.25, 0.3) is 0 Å². The molecule has 2 aliphatic rings. The number of anilines is 1. The Labute approximate surface area is 136 Å². The summed E-state index contributed by atoms with van der Waals surface area (Å²) < 4.78 is 50.2. The first-order valence-electron chi connectivity index (χ1n) is 7.90. The van der Waals surface area contributed by atoms with Crippen molar-refractivity contribution in [3.8, 4) is 0 Å². The van der Waals surface area contributed by atoms with Crippen LogP contribution >= 0.6 is 0 Å². The molecule has 3 rings (SSSR count). The molecule has 1 amide bonds. The van der Waals surface area contributed by atoms with E-state index in [4.69, 9.17) is 0 Å². The van der Waals surface area contributed by atoms with Crippen LogP contribution in [0.15, 0.2) is 12.1 Å². The number of alkyl halides is 4. The number of carbonyl (C=O) groups excluding carboxylic acids is 1. The smallest absolute Gasteiger partial charge is 0.355 e. The molecule has 9 heteroatoms. The van der Waals surface area contributed by atoms with Crippen molar-refractivity contribution in [3.63, 3.8) is 0 Å². The number of hydrogen-bond acceptors (Lipinski definition) is 4. The zero-order chi connectivity index (χ0) is 17.3. The van der Waals surface area contributed by atoms with E-state index in [0.717, 1.165) is 6.07 Å². The molecular weight excluding hydrogens is 328 g/mol. The zero-order valence-electron chi connectivity index (χ0n) is 13.0. The third-order valence-corrected chi connectivity index (χ3v) is 4.63. The van der Waals surface area contributed by atoms with Gasteiger partial charge in [-0.15, -0.1) is 10.2 Å². The van der Waals surface area contributed by atoms with Gasteiger partial charge in [-0.2, -0.15) is 13.2 Å². The minimum absolute atomic E-state index is 0.00887. The number of nitrogens with zero attached hydrogens (tertiary/aromatic N) is 4. The highest BCUT2D eigenvalue weighted by atomic mass is 19.4. The standard InChI is InChI=1S/C15H18F4N4O/c16-8-10-7-14(24)23(9-10)11-3-5-22(6-4-11)13-2-1-12(20-21-13)15(17,18)19/h1-2,10-11H,3-9H2. The molecule has 2 aliphatic heterocycles. The lowest BCUT2D eigenvalue weighted by Gasteiger charge is -2.37.